The molecule has 1 unspecified atom stereocenters. The molecule has 8 nitrogen and oxygen atoms in total. The predicted molar refractivity (Wildman–Crippen MR) is 226 cm³/mol. The summed E-state index contributed by atoms with van der Waals surface area (Å²) in [5.74, 6) is -0.307. The van der Waals surface area contributed by atoms with Gasteiger partial charge in [-0.1, -0.05) is 58.5 Å². The van der Waals surface area contributed by atoms with E-state index in [4.69, 9.17) is 5.73 Å². The number of likely N-dealkylation sites (N-methyl/N-ethyl adjacent to an activating group) is 1. The van der Waals surface area contributed by atoms with E-state index in [2.05, 4.69) is 107 Å². The number of hydrogen-bond donors (Lipinski definition) is 6. The number of H-pyrrole nitrogens is 1. The van der Waals surface area contributed by atoms with Crippen molar-refractivity contribution in [1.82, 2.24) is 30.4 Å². The van der Waals surface area contributed by atoms with Crippen LogP contribution < -0.4 is 37.7 Å². The third kappa shape index (κ3) is 8.80. The molecule has 0 spiro atoms. The van der Waals surface area contributed by atoms with Crippen LogP contribution in [0.2, 0.25) is 0 Å². The van der Waals surface area contributed by atoms with E-state index in [9.17, 15) is 4.39 Å². The van der Waals surface area contributed by atoms with Crippen LogP contribution in [0.25, 0.3) is 41.3 Å². The molecule has 7 N–H and O–H groups in total. The van der Waals surface area contributed by atoms with Crippen molar-refractivity contribution in [3.05, 3.63) is 124 Å². The highest BCUT2D eigenvalue weighted by Crippen LogP contribution is 2.30. The number of piperidine rings is 1. The molecule has 1 fully saturated rings. The van der Waals surface area contributed by atoms with Crippen molar-refractivity contribution in [3.8, 4) is 0 Å². The van der Waals surface area contributed by atoms with Crippen molar-refractivity contribution in [3.63, 3.8) is 0 Å². The Morgan fingerprint density at radius 3 is 2.57 bits per heavy atom. The highest BCUT2D eigenvalue weighted by molar-refractivity contribution is 5.94. The smallest absolute Gasteiger partial charge is 0.123 e. The van der Waals surface area contributed by atoms with Crippen molar-refractivity contribution in [1.29, 1.82) is 0 Å². The first kappa shape index (κ1) is 38.8. The largest absolute Gasteiger partial charge is 0.398 e. The minimum absolute atomic E-state index is 0.0994. The van der Waals surface area contributed by atoms with Gasteiger partial charge in [-0.15, -0.1) is 0 Å². The van der Waals surface area contributed by atoms with Crippen LogP contribution in [-0.2, 0) is 0 Å². The quantitative estimate of drug-likeness (QED) is 0.0515. The summed E-state index contributed by atoms with van der Waals surface area (Å²) in [7, 11) is 0. The minimum Gasteiger partial charge on any atom is -0.398 e. The van der Waals surface area contributed by atoms with E-state index >= 15 is 0 Å². The Morgan fingerprint density at radius 1 is 1.06 bits per heavy atom. The highest BCUT2D eigenvalue weighted by Gasteiger charge is 2.23. The van der Waals surface area contributed by atoms with Gasteiger partial charge >= 0.3 is 0 Å². The molecule has 53 heavy (non-hydrogen) atoms. The molecule has 0 bridgehead atoms. The molecule has 0 amide bonds. The zero-order chi connectivity index (χ0) is 38.4. The Morgan fingerprint density at radius 2 is 1.83 bits per heavy atom. The molecule has 280 valence electrons. The second-order valence-corrected chi connectivity index (χ2v) is 14.1. The van der Waals surface area contributed by atoms with Gasteiger partial charge in [0, 0.05) is 111 Å². The first-order valence-corrected chi connectivity index (χ1v) is 18.5. The number of nitrogens with zero attached hydrogens (tertiary/aromatic N) is 2. The first-order chi connectivity index (χ1) is 25.3. The summed E-state index contributed by atoms with van der Waals surface area (Å²) in [6, 6.07) is 10.9. The minimum atomic E-state index is -0.307. The number of nitrogen functional groups attached to an aromatic ring is 1. The maximum absolute atomic E-state index is 13.9. The molecule has 0 radical (unpaired) electrons. The van der Waals surface area contributed by atoms with Crippen LogP contribution in [0, 0.1) is 19.7 Å². The second kappa shape index (κ2) is 16.9. The Labute approximate surface area is 314 Å². The number of aryl methyl sites for hydroxylation is 1. The van der Waals surface area contributed by atoms with Crippen LogP contribution in [0.5, 0.6) is 0 Å². The number of hydrogen-bond acceptors (Lipinski definition) is 6. The van der Waals surface area contributed by atoms with Crippen LogP contribution >= 0.6 is 0 Å². The Hall–Kier alpha value is -5.41. The molecule has 3 heterocycles. The molecule has 2 aromatic heterocycles. The van der Waals surface area contributed by atoms with Crippen LogP contribution in [0.1, 0.15) is 67.2 Å². The fourth-order valence-electron chi connectivity index (χ4n) is 7.42. The van der Waals surface area contributed by atoms with Gasteiger partial charge in [0.1, 0.15) is 5.82 Å². The average Bonchev–Trinajstić information content (AvgIpc) is 3.54. The number of fused-ring (bicyclic) bond motifs is 1. The van der Waals surface area contributed by atoms with Gasteiger partial charge in [-0.3, -0.25) is 4.90 Å². The van der Waals surface area contributed by atoms with Gasteiger partial charge in [-0.2, -0.15) is 0 Å². The second-order valence-electron chi connectivity index (χ2n) is 14.1. The van der Waals surface area contributed by atoms with Gasteiger partial charge in [0.05, 0.1) is 6.04 Å². The maximum atomic E-state index is 13.9. The summed E-state index contributed by atoms with van der Waals surface area (Å²) in [6.07, 6.45) is 4.77. The fourth-order valence-corrected chi connectivity index (χ4v) is 7.42. The number of allylic oxidation sites excluding steroid dienone is 3. The Balaban J connectivity index is 1.08. The number of benzene rings is 2. The molecule has 1 aliphatic heterocycles. The average molecular weight is 717 g/mol. The summed E-state index contributed by atoms with van der Waals surface area (Å²) < 4.78 is 16.1. The van der Waals surface area contributed by atoms with Crippen molar-refractivity contribution < 1.29 is 4.39 Å². The van der Waals surface area contributed by atoms with Crippen LogP contribution in [0.4, 0.5) is 15.8 Å². The van der Waals surface area contributed by atoms with E-state index in [1.54, 1.807) is 6.07 Å². The van der Waals surface area contributed by atoms with E-state index in [1.807, 2.05) is 19.9 Å². The topological polar surface area (TPSA) is 98.1 Å². The number of rotatable bonds is 17. The number of aromatic nitrogens is 2. The van der Waals surface area contributed by atoms with Crippen molar-refractivity contribution in [2.75, 3.05) is 50.3 Å². The lowest BCUT2D eigenvalue weighted by atomic mass is 10.0. The summed E-state index contributed by atoms with van der Waals surface area (Å²) >= 11 is 0. The molecule has 1 saturated heterocycles. The fraction of sp³-hybridized carbons (Fsp3) is 0.318. The number of anilines is 2. The van der Waals surface area contributed by atoms with E-state index in [0.29, 0.717) is 11.3 Å². The summed E-state index contributed by atoms with van der Waals surface area (Å²) in [5.41, 5.74) is 17.2. The monoisotopic (exact) mass is 716 g/mol. The van der Waals surface area contributed by atoms with Gasteiger partial charge in [0.2, 0.25) is 0 Å². The molecule has 9 heteroatoms. The molecule has 2 aromatic carbocycles. The number of aromatic amines is 1. The SMILES string of the molecule is C=C(CN(CC)CCNC(=C)c1c(C)[nH]c(/C=C(\C)c2cc(F)ccc2N)c1C)NCCCNc1cccc2c(=C)n(C3CCC(=C)NC3=C)c(=C)c12. The standard InChI is InChI=1S/C44H57FN8/c1-11-52(23-22-48-32(7)43-30(5)41(51-33(43)8)24-27(2)38-25-36(45)17-18-39(38)46)26-29(4)47-20-13-21-49-40-15-12-14-37-34(9)53(35(10)44(37)40)42-19-16-28(3)50-31(42)6/h12,14-15,17-18,24-25,42,47-51H,3-4,6-7,9-11,13,16,19-23,26,46H2,1-2,5,8H3/b27-24+. The van der Waals surface area contributed by atoms with Crippen molar-refractivity contribution in [2.45, 2.75) is 53.0 Å². The molecule has 5 rings (SSSR count). The van der Waals surface area contributed by atoms with Gasteiger partial charge in [-0.05, 0) is 88.1 Å². The summed E-state index contributed by atoms with van der Waals surface area (Å²) in [6.45, 7) is 39.0. The first-order valence-electron chi connectivity index (χ1n) is 18.5. The van der Waals surface area contributed by atoms with E-state index < -0.39 is 0 Å². The lowest BCUT2D eigenvalue weighted by molar-refractivity contribution is 0.310. The molecule has 1 aliphatic rings. The van der Waals surface area contributed by atoms with Crippen LogP contribution in [-0.4, -0.2) is 53.7 Å². The Kier molecular flexibility index (Phi) is 12.4. The summed E-state index contributed by atoms with van der Waals surface area (Å²) in [5, 5.41) is 18.2. The lowest BCUT2D eigenvalue weighted by Crippen LogP contribution is -2.36. The third-order valence-corrected chi connectivity index (χ3v) is 10.3. The molecular formula is C44H57FN8. The normalized spacial score (nSPS) is 14.8. The highest BCUT2D eigenvalue weighted by atomic mass is 19.1. The molecule has 0 aliphatic carbocycles. The van der Waals surface area contributed by atoms with Crippen molar-refractivity contribution in [2.24, 2.45) is 0 Å². The third-order valence-electron chi connectivity index (χ3n) is 10.3. The van der Waals surface area contributed by atoms with E-state index in [1.165, 1.54) is 12.1 Å². The predicted octanol–water partition coefficient (Wildman–Crippen LogP) is 7.13. The zero-order valence-corrected chi connectivity index (χ0v) is 32.1. The van der Waals surface area contributed by atoms with Gasteiger partial charge in [0.25, 0.3) is 0 Å². The molecule has 4 aromatic rings. The van der Waals surface area contributed by atoms with Crippen LogP contribution in [0.3, 0.4) is 0 Å². The van der Waals surface area contributed by atoms with Gasteiger partial charge in [0.15, 0.2) is 0 Å². The van der Waals surface area contributed by atoms with E-state index in [0.717, 1.165) is 137 Å². The lowest BCUT2D eigenvalue weighted by Gasteiger charge is -2.29. The Bertz CT molecular complexity index is 2170. The van der Waals surface area contributed by atoms with Gasteiger partial charge in [-0.25, -0.2) is 4.39 Å². The maximum Gasteiger partial charge on any atom is 0.123 e. The number of nitrogens with one attached hydrogen (secondary N) is 5. The molecule has 1 atom stereocenters. The van der Waals surface area contributed by atoms with E-state index in [-0.39, 0.29) is 11.9 Å². The summed E-state index contributed by atoms with van der Waals surface area (Å²) in [4.78, 5) is 5.83. The number of nitrogens with two attached hydrogens (primary N) is 1. The molecule has 0 saturated carbocycles. The van der Waals surface area contributed by atoms with Crippen LogP contribution in [0.15, 0.2) is 79.8 Å². The number of halogens is 1. The molecular weight excluding hydrogens is 660 g/mol. The van der Waals surface area contributed by atoms with Crippen molar-refractivity contribution >= 4 is 52.7 Å². The zero-order valence-electron chi connectivity index (χ0n) is 32.1. The van der Waals surface area contributed by atoms with Gasteiger partial charge < -0.3 is 36.6 Å².